The van der Waals surface area contributed by atoms with Crippen LogP contribution in [0.15, 0.2) is 54.6 Å². The first-order valence-corrected chi connectivity index (χ1v) is 10.5. The van der Waals surface area contributed by atoms with Crippen LogP contribution in [-0.2, 0) is 10.8 Å². The molecular formula is C28H30O2. The van der Waals surface area contributed by atoms with E-state index in [-0.39, 0.29) is 16.6 Å². The van der Waals surface area contributed by atoms with Gasteiger partial charge >= 0.3 is 0 Å². The predicted molar refractivity (Wildman–Crippen MR) is 125 cm³/mol. The summed E-state index contributed by atoms with van der Waals surface area (Å²) in [5.41, 5.74) is 8.42. The standard InChI is InChI=1S/C28H30O2/c1-27(2,3)18-10-13-20-22(14-18)23-16-25(28(4,5)6)21(15-24(23)26(20)29)17-8-11-19(30-7)12-9-17/h8-16H,1-7H3. The Kier molecular flexibility index (Phi) is 4.65. The number of ketones is 1. The van der Waals surface area contributed by atoms with E-state index in [1.807, 2.05) is 18.2 Å². The van der Waals surface area contributed by atoms with E-state index in [0.29, 0.717) is 0 Å². The summed E-state index contributed by atoms with van der Waals surface area (Å²) in [7, 11) is 1.67. The van der Waals surface area contributed by atoms with E-state index in [1.165, 1.54) is 11.1 Å². The first-order valence-electron chi connectivity index (χ1n) is 10.5. The molecule has 0 atom stereocenters. The molecule has 0 saturated carbocycles. The molecule has 0 fully saturated rings. The second-order valence-electron chi connectivity index (χ2n) is 10.3. The fourth-order valence-electron chi connectivity index (χ4n) is 4.22. The van der Waals surface area contributed by atoms with E-state index < -0.39 is 0 Å². The molecule has 0 amide bonds. The Morgan fingerprint density at radius 3 is 1.83 bits per heavy atom. The van der Waals surface area contributed by atoms with Gasteiger partial charge in [0.05, 0.1) is 7.11 Å². The molecule has 3 aromatic carbocycles. The maximum absolute atomic E-state index is 13.3. The molecule has 4 rings (SSSR count). The molecule has 1 aliphatic rings. The molecule has 2 heteroatoms. The van der Waals surface area contributed by atoms with E-state index in [0.717, 1.165) is 39.1 Å². The van der Waals surface area contributed by atoms with Crippen molar-refractivity contribution in [3.63, 3.8) is 0 Å². The molecule has 30 heavy (non-hydrogen) atoms. The Morgan fingerprint density at radius 1 is 0.633 bits per heavy atom. The summed E-state index contributed by atoms with van der Waals surface area (Å²) in [5.74, 6) is 0.950. The zero-order chi connectivity index (χ0) is 21.8. The van der Waals surface area contributed by atoms with Gasteiger partial charge in [0.2, 0.25) is 0 Å². The Hall–Kier alpha value is -2.87. The quantitative estimate of drug-likeness (QED) is 0.358. The summed E-state index contributed by atoms with van der Waals surface area (Å²) in [6, 6.07) is 18.7. The highest BCUT2D eigenvalue weighted by molar-refractivity contribution is 6.22. The lowest BCUT2D eigenvalue weighted by Gasteiger charge is -2.25. The van der Waals surface area contributed by atoms with Crippen LogP contribution in [0.25, 0.3) is 22.3 Å². The molecule has 2 nitrogen and oxygen atoms in total. The van der Waals surface area contributed by atoms with Crippen LogP contribution < -0.4 is 4.74 Å². The number of benzene rings is 3. The van der Waals surface area contributed by atoms with Crippen molar-refractivity contribution < 1.29 is 9.53 Å². The molecule has 0 aromatic heterocycles. The Balaban J connectivity index is 1.96. The molecule has 0 aliphatic heterocycles. The fourth-order valence-corrected chi connectivity index (χ4v) is 4.22. The van der Waals surface area contributed by atoms with E-state index in [9.17, 15) is 4.79 Å². The topological polar surface area (TPSA) is 26.3 Å². The third kappa shape index (κ3) is 3.35. The molecule has 1 aliphatic carbocycles. The summed E-state index contributed by atoms with van der Waals surface area (Å²) in [6.07, 6.45) is 0. The number of hydrogen-bond donors (Lipinski definition) is 0. The maximum atomic E-state index is 13.3. The number of carbonyl (C=O) groups is 1. The zero-order valence-corrected chi connectivity index (χ0v) is 19.0. The van der Waals surface area contributed by atoms with Gasteiger partial charge in [-0.2, -0.15) is 0 Å². The molecule has 3 aromatic rings. The van der Waals surface area contributed by atoms with Crippen LogP contribution >= 0.6 is 0 Å². The highest BCUT2D eigenvalue weighted by atomic mass is 16.5. The van der Waals surface area contributed by atoms with Crippen LogP contribution in [0.1, 0.15) is 68.6 Å². The molecule has 0 spiro atoms. The van der Waals surface area contributed by atoms with Crippen LogP contribution in [0, 0.1) is 0 Å². The third-order valence-electron chi connectivity index (χ3n) is 6.03. The molecule has 0 bridgehead atoms. The van der Waals surface area contributed by atoms with Gasteiger partial charge in [0.1, 0.15) is 5.75 Å². The second kappa shape index (κ2) is 6.84. The van der Waals surface area contributed by atoms with Gasteiger partial charge in [-0.25, -0.2) is 0 Å². The minimum absolute atomic E-state index is 0.0384. The number of methoxy groups -OCH3 is 1. The van der Waals surface area contributed by atoms with Crippen LogP contribution in [0.4, 0.5) is 0 Å². The maximum Gasteiger partial charge on any atom is 0.194 e. The predicted octanol–water partition coefficient (Wildman–Crippen LogP) is 7.17. The second-order valence-corrected chi connectivity index (χ2v) is 10.3. The fraction of sp³-hybridized carbons (Fsp3) is 0.321. The normalized spacial score (nSPS) is 13.2. The van der Waals surface area contributed by atoms with Crippen molar-refractivity contribution >= 4 is 5.78 Å². The average Bonchev–Trinajstić information content (AvgIpc) is 2.97. The van der Waals surface area contributed by atoms with Crippen molar-refractivity contribution in [3.8, 4) is 28.0 Å². The Morgan fingerprint density at radius 2 is 1.27 bits per heavy atom. The van der Waals surface area contributed by atoms with Crippen molar-refractivity contribution in [3.05, 3.63) is 76.9 Å². The first-order chi connectivity index (χ1) is 14.0. The molecule has 0 heterocycles. The summed E-state index contributed by atoms with van der Waals surface area (Å²) in [6.45, 7) is 13.3. The molecular weight excluding hydrogens is 368 g/mol. The lowest BCUT2D eigenvalue weighted by Crippen LogP contribution is -2.13. The summed E-state index contributed by atoms with van der Waals surface area (Å²) in [4.78, 5) is 13.3. The monoisotopic (exact) mass is 398 g/mol. The van der Waals surface area contributed by atoms with Gasteiger partial charge in [0.15, 0.2) is 5.78 Å². The van der Waals surface area contributed by atoms with E-state index in [4.69, 9.17) is 4.74 Å². The van der Waals surface area contributed by atoms with Crippen molar-refractivity contribution in [2.45, 2.75) is 52.4 Å². The largest absolute Gasteiger partial charge is 0.497 e. The Labute approximate surface area is 179 Å². The highest BCUT2D eigenvalue weighted by Crippen LogP contribution is 2.44. The van der Waals surface area contributed by atoms with Crippen LogP contribution in [0.2, 0.25) is 0 Å². The van der Waals surface area contributed by atoms with Crippen molar-refractivity contribution in [2.75, 3.05) is 7.11 Å². The van der Waals surface area contributed by atoms with Crippen molar-refractivity contribution in [1.29, 1.82) is 0 Å². The van der Waals surface area contributed by atoms with Gasteiger partial charge in [-0.15, -0.1) is 0 Å². The van der Waals surface area contributed by atoms with Gasteiger partial charge in [0, 0.05) is 11.1 Å². The van der Waals surface area contributed by atoms with Gasteiger partial charge < -0.3 is 4.74 Å². The number of ether oxygens (including phenoxy) is 1. The molecule has 0 radical (unpaired) electrons. The molecule has 0 N–H and O–H groups in total. The summed E-state index contributed by atoms with van der Waals surface area (Å²) >= 11 is 0. The summed E-state index contributed by atoms with van der Waals surface area (Å²) in [5, 5.41) is 0. The van der Waals surface area contributed by atoms with E-state index in [1.54, 1.807) is 7.11 Å². The van der Waals surface area contributed by atoms with Gasteiger partial charge in [-0.1, -0.05) is 65.8 Å². The lowest BCUT2D eigenvalue weighted by atomic mass is 9.79. The first kappa shape index (κ1) is 20.4. The van der Waals surface area contributed by atoms with Crippen LogP contribution in [0.5, 0.6) is 5.75 Å². The number of hydrogen-bond acceptors (Lipinski definition) is 2. The highest BCUT2D eigenvalue weighted by Gasteiger charge is 2.31. The SMILES string of the molecule is COc1ccc(-c2cc3c(cc2C(C)(C)C)-c2cc(C(C)(C)C)ccc2C3=O)cc1. The van der Waals surface area contributed by atoms with Gasteiger partial charge in [-0.3, -0.25) is 4.79 Å². The lowest BCUT2D eigenvalue weighted by molar-refractivity contribution is 0.104. The Bertz CT molecular complexity index is 1140. The smallest absolute Gasteiger partial charge is 0.194 e. The summed E-state index contributed by atoms with van der Waals surface area (Å²) < 4.78 is 5.32. The van der Waals surface area contributed by atoms with Crippen LogP contribution in [-0.4, -0.2) is 12.9 Å². The minimum atomic E-state index is -0.0578. The third-order valence-corrected chi connectivity index (χ3v) is 6.03. The number of carbonyl (C=O) groups excluding carboxylic acids is 1. The van der Waals surface area contributed by atoms with Gasteiger partial charge in [-0.05, 0) is 74.5 Å². The molecule has 0 unspecified atom stereocenters. The van der Waals surface area contributed by atoms with Crippen LogP contribution in [0.3, 0.4) is 0 Å². The number of rotatable bonds is 2. The van der Waals surface area contributed by atoms with Crippen molar-refractivity contribution in [1.82, 2.24) is 0 Å². The minimum Gasteiger partial charge on any atom is -0.497 e. The molecule has 154 valence electrons. The van der Waals surface area contributed by atoms with E-state index >= 15 is 0 Å². The molecule has 0 saturated heterocycles. The number of fused-ring (bicyclic) bond motifs is 3. The van der Waals surface area contributed by atoms with Crippen molar-refractivity contribution in [2.24, 2.45) is 0 Å². The van der Waals surface area contributed by atoms with E-state index in [2.05, 4.69) is 77.9 Å². The zero-order valence-electron chi connectivity index (χ0n) is 19.0. The average molecular weight is 399 g/mol. The van der Waals surface area contributed by atoms with Gasteiger partial charge in [0.25, 0.3) is 0 Å².